The summed E-state index contributed by atoms with van der Waals surface area (Å²) in [7, 11) is 0. The SMILES string of the molecule is Cc1ccccc1CCN(C(=O)Cc1cccs1)[C@@H](C(=O)NC1CCCCC1)c1cccnc1. The normalized spacial score (nSPS) is 15.0. The van der Waals surface area contributed by atoms with E-state index in [1.165, 1.54) is 17.5 Å². The van der Waals surface area contributed by atoms with Gasteiger partial charge in [-0.25, -0.2) is 0 Å². The third-order valence-electron chi connectivity index (χ3n) is 6.62. The average molecular weight is 476 g/mol. The first-order chi connectivity index (χ1) is 16.6. The first kappa shape index (κ1) is 24.1. The molecule has 1 atom stereocenters. The maximum Gasteiger partial charge on any atom is 0.247 e. The number of pyridine rings is 1. The van der Waals surface area contributed by atoms with E-state index in [4.69, 9.17) is 0 Å². The number of benzene rings is 1. The number of aryl methyl sites for hydroxylation is 1. The Morgan fingerprint density at radius 2 is 1.91 bits per heavy atom. The van der Waals surface area contributed by atoms with Gasteiger partial charge >= 0.3 is 0 Å². The van der Waals surface area contributed by atoms with Gasteiger partial charge in [0, 0.05) is 35.4 Å². The summed E-state index contributed by atoms with van der Waals surface area (Å²) in [6, 6.07) is 15.4. The minimum absolute atomic E-state index is 0.0383. The largest absolute Gasteiger partial charge is 0.351 e. The van der Waals surface area contributed by atoms with Crippen LogP contribution in [0.25, 0.3) is 0 Å². The number of hydrogen-bond acceptors (Lipinski definition) is 4. The van der Waals surface area contributed by atoms with Crippen LogP contribution in [0.2, 0.25) is 0 Å². The van der Waals surface area contributed by atoms with E-state index in [0.717, 1.165) is 36.1 Å². The lowest BCUT2D eigenvalue weighted by molar-refractivity contribution is -0.140. The predicted octanol–water partition coefficient (Wildman–Crippen LogP) is 5.26. The molecule has 0 bridgehead atoms. The third-order valence-corrected chi connectivity index (χ3v) is 7.50. The van der Waals surface area contributed by atoms with E-state index < -0.39 is 6.04 Å². The van der Waals surface area contributed by atoms with Gasteiger partial charge in [-0.1, -0.05) is 55.7 Å². The molecule has 1 N–H and O–H groups in total. The van der Waals surface area contributed by atoms with Crippen LogP contribution in [0.5, 0.6) is 0 Å². The van der Waals surface area contributed by atoms with Gasteiger partial charge in [0.05, 0.1) is 6.42 Å². The van der Waals surface area contributed by atoms with E-state index in [9.17, 15) is 9.59 Å². The Morgan fingerprint density at radius 1 is 1.09 bits per heavy atom. The van der Waals surface area contributed by atoms with Gasteiger partial charge < -0.3 is 10.2 Å². The molecule has 0 spiro atoms. The molecule has 1 aromatic carbocycles. The highest BCUT2D eigenvalue weighted by Gasteiger charge is 2.33. The van der Waals surface area contributed by atoms with Gasteiger partial charge in [0.1, 0.15) is 6.04 Å². The quantitative estimate of drug-likeness (QED) is 0.459. The van der Waals surface area contributed by atoms with Gasteiger partial charge in [0.25, 0.3) is 0 Å². The van der Waals surface area contributed by atoms with Crippen LogP contribution in [0.15, 0.2) is 66.3 Å². The lowest BCUT2D eigenvalue weighted by Crippen LogP contribution is -2.48. The molecule has 5 nitrogen and oxygen atoms in total. The van der Waals surface area contributed by atoms with Crippen molar-refractivity contribution in [3.05, 3.63) is 87.9 Å². The number of nitrogens with one attached hydrogen (secondary N) is 1. The van der Waals surface area contributed by atoms with Crippen LogP contribution in [0.1, 0.15) is 59.7 Å². The molecule has 178 valence electrons. The lowest BCUT2D eigenvalue weighted by atomic mass is 9.94. The Bertz CT molecular complexity index is 1060. The number of hydrogen-bond donors (Lipinski definition) is 1. The van der Waals surface area contributed by atoms with E-state index in [2.05, 4.69) is 29.4 Å². The van der Waals surface area contributed by atoms with Crippen LogP contribution in [0.4, 0.5) is 0 Å². The molecule has 1 saturated carbocycles. The molecular formula is C28H33N3O2S. The monoisotopic (exact) mass is 475 g/mol. The number of carbonyl (C=O) groups is 2. The Hall–Kier alpha value is -2.99. The molecule has 3 aromatic rings. The standard InChI is InChI=1S/C28H33N3O2S/c1-21-9-5-6-10-22(21)15-17-31(26(32)19-25-14-8-18-34-25)27(23-11-7-16-29-20-23)28(33)30-24-12-3-2-4-13-24/h5-11,14,16,18,20,24,27H,2-4,12-13,15,17,19H2,1H3,(H,30,33)/t27-/m1/s1. The molecule has 2 heterocycles. The highest BCUT2D eigenvalue weighted by molar-refractivity contribution is 7.10. The zero-order valence-electron chi connectivity index (χ0n) is 19.8. The number of aromatic nitrogens is 1. The van der Waals surface area contributed by atoms with Crippen molar-refractivity contribution in [1.29, 1.82) is 0 Å². The summed E-state index contributed by atoms with van der Waals surface area (Å²) in [5, 5.41) is 5.24. The Labute approximate surface area is 206 Å². The van der Waals surface area contributed by atoms with Gasteiger partial charge in [-0.2, -0.15) is 0 Å². The molecule has 1 fully saturated rings. The van der Waals surface area contributed by atoms with Crippen molar-refractivity contribution in [3.63, 3.8) is 0 Å². The third kappa shape index (κ3) is 6.32. The van der Waals surface area contributed by atoms with Crippen molar-refractivity contribution in [2.24, 2.45) is 0 Å². The second-order valence-electron chi connectivity index (χ2n) is 9.05. The molecule has 0 unspecified atom stereocenters. The first-order valence-electron chi connectivity index (χ1n) is 12.2. The topological polar surface area (TPSA) is 62.3 Å². The highest BCUT2D eigenvalue weighted by atomic mass is 32.1. The van der Waals surface area contributed by atoms with Gasteiger partial charge in [-0.3, -0.25) is 14.6 Å². The van der Waals surface area contributed by atoms with Crippen LogP contribution in [0, 0.1) is 6.92 Å². The molecule has 2 aromatic heterocycles. The van der Waals surface area contributed by atoms with Gasteiger partial charge in [-0.05, 0) is 54.8 Å². The van der Waals surface area contributed by atoms with Crippen LogP contribution >= 0.6 is 11.3 Å². The highest BCUT2D eigenvalue weighted by Crippen LogP contribution is 2.25. The molecule has 6 heteroatoms. The number of carbonyl (C=O) groups excluding carboxylic acids is 2. The zero-order chi connectivity index (χ0) is 23.8. The molecule has 34 heavy (non-hydrogen) atoms. The molecule has 1 aliphatic rings. The average Bonchev–Trinajstić information content (AvgIpc) is 3.36. The number of amides is 2. The number of rotatable bonds is 9. The Balaban J connectivity index is 1.63. The molecule has 1 aliphatic carbocycles. The van der Waals surface area contributed by atoms with Gasteiger partial charge in [-0.15, -0.1) is 11.3 Å². The second-order valence-corrected chi connectivity index (χ2v) is 10.1. The molecule has 2 amide bonds. The van der Waals surface area contributed by atoms with Crippen LogP contribution in [0.3, 0.4) is 0 Å². The van der Waals surface area contributed by atoms with Crippen molar-refractivity contribution in [2.45, 2.75) is 64.0 Å². The molecule has 4 rings (SSSR count). The first-order valence-corrected chi connectivity index (χ1v) is 13.1. The second kappa shape index (κ2) is 11.9. The predicted molar refractivity (Wildman–Crippen MR) is 137 cm³/mol. The smallest absolute Gasteiger partial charge is 0.247 e. The van der Waals surface area contributed by atoms with Crippen LogP contribution < -0.4 is 5.32 Å². The molecular weight excluding hydrogens is 442 g/mol. The van der Waals surface area contributed by atoms with E-state index >= 15 is 0 Å². The zero-order valence-corrected chi connectivity index (χ0v) is 20.6. The summed E-state index contributed by atoms with van der Waals surface area (Å²) in [6.45, 7) is 2.55. The fourth-order valence-electron chi connectivity index (χ4n) is 4.73. The molecule has 0 saturated heterocycles. The number of nitrogens with zero attached hydrogens (tertiary/aromatic N) is 2. The number of thiophene rings is 1. The van der Waals surface area contributed by atoms with E-state index in [0.29, 0.717) is 19.4 Å². The fraction of sp³-hybridized carbons (Fsp3) is 0.393. The van der Waals surface area contributed by atoms with E-state index in [-0.39, 0.29) is 17.9 Å². The van der Waals surface area contributed by atoms with Crippen LogP contribution in [-0.2, 0) is 22.4 Å². The molecule has 0 aliphatic heterocycles. The Kier molecular flexibility index (Phi) is 8.47. The fourth-order valence-corrected chi connectivity index (χ4v) is 5.43. The minimum Gasteiger partial charge on any atom is -0.351 e. The maximum absolute atomic E-state index is 13.7. The summed E-state index contributed by atoms with van der Waals surface area (Å²) in [5.41, 5.74) is 3.13. The van der Waals surface area contributed by atoms with Gasteiger partial charge in [0.15, 0.2) is 0 Å². The summed E-state index contributed by atoms with van der Waals surface area (Å²) in [4.78, 5) is 34.4. The van der Waals surface area contributed by atoms with Crippen molar-refractivity contribution in [1.82, 2.24) is 15.2 Å². The Morgan fingerprint density at radius 3 is 2.62 bits per heavy atom. The lowest BCUT2D eigenvalue weighted by Gasteiger charge is -2.33. The summed E-state index contributed by atoms with van der Waals surface area (Å²) in [5.74, 6) is -0.145. The van der Waals surface area contributed by atoms with Crippen molar-refractivity contribution in [2.75, 3.05) is 6.54 Å². The minimum atomic E-state index is -0.702. The van der Waals surface area contributed by atoms with Crippen molar-refractivity contribution < 1.29 is 9.59 Å². The summed E-state index contributed by atoms with van der Waals surface area (Å²) in [6.07, 6.45) is 9.88. The van der Waals surface area contributed by atoms with Crippen LogP contribution in [-0.4, -0.2) is 34.3 Å². The van der Waals surface area contributed by atoms with Crippen molar-refractivity contribution in [3.8, 4) is 0 Å². The van der Waals surface area contributed by atoms with E-state index in [1.807, 2.05) is 41.8 Å². The van der Waals surface area contributed by atoms with E-state index in [1.54, 1.807) is 28.6 Å². The summed E-state index contributed by atoms with van der Waals surface area (Å²) < 4.78 is 0. The maximum atomic E-state index is 13.7. The molecule has 0 radical (unpaired) electrons. The van der Waals surface area contributed by atoms with Gasteiger partial charge in [0.2, 0.25) is 11.8 Å². The summed E-state index contributed by atoms with van der Waals surface area (Å²) >= 11 is 1.57. The van der Waals surface area contributed by atoms with Crippen molar-refractivity contribution >= 4 is 23.2 Å².